The second-order valence-electron chi connectivity index (χ2n) is 6.27. The van der Waals surface area contributed by atoms with Crippen molar-refractivity contribution in [2.45, 2.75) is 26.0 Å². The predicted molar refractivity (Wildman–Crippen MR) is 93.9 cm³/mol. The minimum absolute atomic E-state index is 0.223. The van der Waals surface area contributed by atoms with Crippen molar-refractivity contribution in [3.63, 3.8) is 0 Å². The Balaban J connectivity index is 1.50. The fraction of sp³-hybridized carbons (Fsp3) is 0.588. The molecule has 2 aliphatic rings. The van der Waals surface area contributed by atoms with E-state index in [0.717, 1.165) is 57.3 Å². The number of nitrogens with two attached hydrogens (primary N) is 1. The molecule has 0 aliphatic carbocycles. The molecule has 1 aromatic rings. The van der Waals surface area contributed by atoms with Crippen molar-refractivity contribution in [2.24, 2.45) is 10.7 Å². The van der Waals surface area contributed by atoms with Crippen molar-refractivity contribution in [1.29, 1.82) is 0 Å². The van der Waals surface area contributed by atoms with Gasteiger partial charge in [0.05, 0.1) is 19.3 Å². The third kappa shape index (κ3) is 4.16. The number of morpholine rings is 1. The van der Waals surface area contributed by atoms with E-state index in [1.54, 1.807) is 0 Å². The number of fused-ring (bicyclic) bond motifs is 1. The van der Waals surface area contributed by atoms with Gasteiger partial charge < -0.3 is 15.4 Å². The van der Waals surface area contributed by atoms with Gasteiger partial charge in [0.25, 0.3) is 0 Å². The van der Waals surface area contributed by atoms with Crippen LogP contribution >= 0.6 is 11.6 Å². The molecule has 2 aliphatic heterocycles. The number of hydrogen-bond acceptors (Lipinski definition) is 3. The molecule has 1 atom stereocenters. The van der Waals surface area contributed by atoms with Crippen LogP contribution in [-0.4, -0.2) is 61.2 Å². The molecule has 5 nitrogen and oxygen atoms in total. The summed E-state index contributed by atoms with van der Waals surface area (Å²) in [6, 6.07) is 6.17. The molecule has 0 amide bonds. The van der Waals surface area contributed by atoms with Gasteiger partial charge in [-0.05, 0) is 30.5 Å². The molecule has 0 radical (unpaired) electrons. The van der Waals surface area contributed by atoms with Crippen LogP contribution in [0.1, 0.15) is 18.1 Å². The lowest BCUT2D eigenvalue weighted by Crippen LogP contribution is -2.48. The minimum atomic E-state index is 0.223. The summed E-state index contributed by atoms with van der Waals surface area (Å²) >= 11 is 6.26. The Morgan fingerprint density at radius 2 is 2.30 bits per heavy atom. The fourth-order valence-corrected chi connectivity index (χ4v) is 3.53. The number of halogens is 1. The molecule has 23 heavy (non-hydrogen) atoms. The van der Waals surface area contributed by atoms with Gasteiger partial charge in [-0.3, -0.25) is 9.89 Å². The van der Waals surface area contributed by atoms with Gasteiger partial charge in [-0.25, -0.2) is 0 Å². The molecular weight excluding hydrogens is 312 g/mol. The van der Waals surface area contributed by atoms with Gasteiger partial charge in [-0.2, -0.15) is 0 Å². The van der Waals surface area contributed by atoms with E-state index in [1.807, 2.05) is 12.1 Å². The molecule has 2 heterocycles. The average molecular weight is 337 g/mol. The molecule has 1 unspecified atom stereocenters. The first-order chi connectivity index (χ1) is 11.1. The molecule has 6 heteroatoms. The largest absolute Gasteiger partial charge is 0.375 e. The second kappa shape index (κ2) is 7.51. The van der Waals surface area contributed by atoms with E-state index < -0.39 is 0 Å². The maximum absolute atomic E-state index is 6.26. The highest BCUT2D eigenvalue weighted by Gasteiger charge is 2.19. The van der Waals surface area contributed by atoms with E-state index in [-0.39, 0.29) is 6.10 Å². The Morgan fingerprint density at radius 3 is 3.13 bits per heavy atom. The van der Waals surface area contributed by atoms with E-state index >= 15 is 0 Å². The summed E-state index contributed by atoms with van der Waals surface area (Å²) in [5.41, 5.74) is 8.74. The summed E-state index contributed by atoms with van der Waals surface area (Å²) in [6.45, 7) is 8.07. The Bertz CT molecular complexity index is 578. The highest BCUT2D eigenvalue weighted by molar-refractivity contribution is 6.31. The number of ether oxygens (including phenoxy) is 1. The summed E-state index contributed by atoms with van der Waals surface area (Å²) < 4.78 is 5.53. The van der Waals surface area contributed by atoms with Crippen LogP contribution in [0.5, 0.6) is 0 Å². The number of guanidine groups is 1. The summed E-state index contributed by atoms with van der Waals surface area (Å²) in [5, 5.41) is 0.894. The smallest absolute Gasteiger partial charge is 0.191 e. The predicted octanol–water partition coefficient (Wildman–Crippen LogP) is 1.73. The van der Waals surface area contributed by atoms with Gasteiger partial charge in [0, 0.05) is 37.7 Å². The van der Waals surface area contributed by atoms with Crippen LogP contribution in [0.15, 0.2) is 23.2 Å². The Morgan fingerprint density at radius 1 is 1.43 bits per heavy atom. The van der Waals surface area contributed by atoms with Crippen molar-refractivity contribution in [3.8, 4) is 0 Å². The molecule has 1 aromatic carbocycles. The summed E-state index contributed by atoms with van der Waals surface area (Å²) in [7, 11) is 0. The second-order valence-corrected chi connectivity index (χ2v) is 6.68. The van der Waals surface area contributed by atoms with Crippen molar-refractivity contribution >= 4 is 17.6 Å². The van der Waals surface area contributed by atoms with Crippen LogP contribution in [0.4, 0.5) is 0 Å². The van der Waals surface area contributed by atoms with Crippen LogP contribution in [0, 0.1) is 0 Å². The molecule has 2 N–H and O–H groups in total. The molecule has 0 bridgehead atoms. The number of benzene rings is 1. The molecule has 0 aromatic heterocycles. The standard InChI is InChI=1S/C17H25ClN4O/c1-13-11-22(9-10-23-13)17(19)20-6-8-21-7-5-15-14(12-21)3-2-4-16(15)18/h2-4,13H,5-12H2,1H3,(H2,19,20). The molecular formula is C17H25ClN4O. The van der Waals surface area contributed by atoms with Crippen LogP contribution in [0.2, 0.25) is 5.02 Å². The van der Waals surface area contributed by atoms with E-state index in [1.165, 1.54) is 11.1 Å². The number of aliphatic imine (C=N–C) groups is 1. The molecule has 1 fully saturated rings. The summed E-state index contributed by atoms with van der Waals surface area (Å²) in [5.74, 6) is 0.639. The van der Waals surface area contributed by atoms with Gasteiger partial charge in [0.15, 0.2) is 5.96 Å². The zero-order chi connectivity index (χ0) is 16.2. The summed E-state index contributed by atoms with van der Waals surface area (Å²) in [4.78, 5) is 9.07. The van der Waals surface area contributed by atoms with Gasteiger partial charge in [0.1, 0.15) is 0 Å². The zero-order valence-corrected chi connectivity index (χ0v) is 14.4. The third-order valence-electron chi connectivity index (χ3n) is 4.54. The third-order valence-corrected chi connectivity index (χ3v) is 4.90. The van der Waals surface area contributed by atoms with Crippen LogP contribution in [-0.2, 0) is 17.7 Å². The molecule has 0 spiro atoms. The van der Waals surface area contributed by atoms with Gasteiger partial charge in [0.2, 0.25) is 0 Å². The van der Waals surface area contributed by atoms with Gasteiger partial charge in [-0.1, -0.05) is 23.7 Å². The first kappa shape index (κ1) is 16.6. The summed E-state index contributed by atoms with van der Waals surface area (Å²) in [6.07, 6.45) is 1.23. The van der Waals surface area contributed by atoms with E-state index in [0.29, 0.717) is 5.96 Å². The molecule has 0 saturated carbocycles. The Labute approximate surface area is 143 Å². The Kier molecular flexibility index (Phi) is 5.41. The monoisotopic (exact) mass is 336 g/mol. The first-order valence-electron chi connectivity index (χ1n) is 8.28. The van der Waals surface area contributed by atoms with Crippen molar-refractivity contribution in [2.75, 3.05) is 39.3 Å². The lowest BCUT2D eigenvalue weighted by molar-refractivity contribution is 0.00528. The quantitative estimate of drug-likeness (QED) is 0.674. The van der Waals surface area contributed by atoms with Crippen molar-refractivity contribution in [1.82, 2.24) is 9.80 Å². The average Bonchev–Trinajstić information content (AvgIpc) is 2.55. The van der Waals surface area contributed by atoms with E-state index in [9.17, 15) is 0 Å². The number of rotatable bonds is 3. The van der Waals surface area contributed by atoms with Crippen LogP contribution in [0.25, 0.3) is 0 Å². The fourth-order valence-electron chi connectivity index (χ4n) is 3.24. The number of hydrogen-bond donors (Lipinski definition) is 1. The van der Waals surface area contributed by atoms with E-state index in [2.05, 4.69) is 27.8 Å². The van der Waals surface area contributed by atoms with Gasteiger partial charge >= 0.3 is 0 Å². The van der Waals surface area contributed by atoms with Crippen molar-refractivity contribution in [3.05, 3.63) is 34.3 Å². The Hall–Kier alpha value is -1.30. The zero-order valence-electron chi connectivity index (χ0n) is 13.7. The topological polar surface area (TPSA) is 54.1 Å². The van der Waals surface area contributed by atoms with Gasteiger partial charge in [-0.15, -0.1) is 0 Å². The van der Waals surface area contributed by atoms with E-state index in [4.69, 9.17) is 22.1 Å². The molecule has 126 valence electrons. The SMILES string of the molecule is CC1CN(C(N)=NCCN2CCc3c(Cl)cccc3C2)CCO1. The minimum Gasteiger partial charge on any atom is -0.375 e. The number of nitrogens with zero attached hydrogens (tertiary/aromatic N) is 3. The maximum atomic E-state index is 6.26. The van der Waals surface area contributed by atoms with Crippen LogP contribution in [0.3, 0.4) is 0 Å². The first-order valence-corrected chi connectivity index (χ1v) is 8.66. The molecule has 1 saturated heterocycles. The lowest BCUT2D eigenvalue weighted by Gasteiger charge is -2.32. The van der Waals surface area contributed by atoms with Crippen LogP contribution < -0.4 is 5.73 Å². The maximum Gasteiger partial charge on any atom is 0.191 e. The van der Waals surface area contributed by atoms with Crippen molar-refractivity contribution < 1.29 is 4.74 Å². The highest BCUT2D eigenvalue weighted by atomic mass is 35.5. The lowest BCUT2D eigenvalue weighted by atomic mass is 10.00. The highest BCUT2D eigenvalue weighted by Crippen LogP contribution is 2.25. The molecule has 3 rings (SSSR count). The normalized spacial score (nSPS) is 23.0.